The van der Waals surface area contributed by atoms with Crippen LogP contribution in [0.1, 0.15) is 40.0 Å². The Labute approximate surface area is 116 Å². The number of halogens is 2. The van der Waals surface area contributed by atoms with Crippen molar-refractivity contribution >= 4 is 23.3 Å². The van der Waals surface area contributed by atoms with Crippen LogP contribution in [0.3, 0.4) is 0 Å². The number of nitrogens with zero attached hydrogens (tertiary/aromatic N) is 1. The summed E-state index contributed by atoms with van der Waals surface area (Å²) in [6.45, 7) is 6.22. The van der Waals surface area contributed by atoms with E-state index in [2.05, 4.69) is 25.8 Å². The molecule has 0 aliphatic rings. The molecule has 0 amide bonds. The van der Waals surface area contributed by atoms with Crippen LogP contribution in [0.5, 0.6) is 0 Å². The van der Waals surface area contributed by atoms with E-state index in [9.17, 15) is 8.78 Å². The van der Waals surface area contributed by atoms with E-state index in [0.29, 0.717) is 10.3 Å². The molecule has 19 heavy (non-hydrogen) atoms. The fourth-order valence-corrected chi connectivity index (χ4v) is 3.22. The number of hydrogen-bond acceptors (Lipinski definition) is 1. The third kappa shape index (κ3) is 2.10. The molecular formula is C14H18F2N2S. The second-order valence-corrected chi connectivity index (χ2v) is 5.22. The minimum atomic E-state index is -0.600. The fourth-order valence-electron chi connectivity index (χ4n) is 2.83. The summed E-state index contributed by atoms with van der Waals surface area (Å²) in [5.41, 5.74) is 0.592. The van der Waals surface area contributed by atoms with Crippen LogP contribution in [0.4, 0.5) is 8.78 Å². The Hall–Kier alpha value is -1.23. The number of aromatic amines is 1. The van der Waals surface area contributed by atoms with Gasteiger partial charge in [-0.25, -0.2) is 8.78 Å². The molecule has 2 rings (SSSR count). The van der Waals surface area contributed by atoms with E-state index in [1.165, 1.54) is 6.07 Å². The summed E-state index contributed by atoms with van der Waals surface area (Å²) in [4.78, 5) is 2.87. The molecule has 0 saturated carbocycles. The minimum absolute atomic E-state index is 0.199. The van der Waals surface area contributed by atoms with Gasteiger partial charge < -0.3 is 9.55 Å². The summed E-state index contributed by atoms with van der Waals surface area (Å²) in [6, 6.07) is 2.23. The topological polar surface area (TPSA) is 20.7 Å². The largest absolute Gasteiger partial charge is 0.328 e. The molecule has 2 nitrogen and oxygen atoms in total. The van der Waals surface area contributed by atoms with Gasteiger partial charge in [0, 0.05) is 11.6 Å². The highest BCUT2D eigenvalue weighted by atomic mass is 32.1. The lowest BCUT2D eigenvalue weighted by Crippen LogP contribution is -2.31. The van der Waals surface area contributed by atoms with Gasteiger partial charge in [0.1, 0.15) is 11.3 Å². The van der Waals surface area contributed by atoms with Crippen LogP contribution in [0.15, 0.2) is 12.1 Å². The molecule has 0 unspecified atom stereocenters. The van der Waals surface area contributed by atoms with Gasteiger partial charge in [-0.2, -0.15) is 0 Å². The summed E-state index contributed by atoms with van der Waals surface area (Å²) in [6.07, 6.45) is 2.58. The third-order valence-corrected chi connectivity index (χ3v) is 4.44. The number of hydrogen-bond donors (Lipinski definition) is 1. The number of aromatic nitrogens is 2. The monoisotopic (exact) mass is 284 g/mol. The molecular weight excluding hydrogens is 266 g/mol. The number of H-pyrrole nitrogens is 1. The third-order valence-electron chi connectivity index (χ3n) is 4.16. The highest BCUT2D eigenvalue weighted by Gasteiger charge is 2.29. The maximum Gasteiger partial charge on any atom is 0.178 e. The second kappa shape index (κ2) is 5.04. The number of nitrogens with one attached hydrogen (secondary N) is 1. The van der Waals surface area contributed by atoms with Crippen LogP contribution in [-0.2, 0) is 5.54 Å². The molecule has 2 aromatic rings. The molecule has 0 aliphatic carbocycles. The van der Waals surface area contributed by atoms with Crippen molar-refractivity contribution in [2.24, 2.45) is 0 Å². The molecule has 0 radical (unpaired) electrons. The Morgan fingerprint density at radius 1 is 1.16 bits per heavy atom. The van der Waals surface area contributed by atoms with E-state index in [1.54, 1.807) is 0 Å². The number of fused-ring (bicyclic) bond motifs is 1. The maximum atomic E-state index is 13.8. The Kier molecular flexibility index (Phi) is 3.76. The molecule has 5 heteroatoms. The van der Waals surface area contributed by atoms with Crippen LogP contribution < -0.4 is 0 Å². The maximum absolute atomic E-state index is 13.8. The summed E-state index contributed by atoms with van der Waals surface area (Å²) < 4.78 is 29.6. The number of rotatable bonds is 4. The average molecular weight is 284 g/mol. The van der Waals surface area contributed by atoms with Gasteiger partial charge in [-0.15, -0.1) is 0 Å². The van der Waals surface area contributed by atoms with Gasteiger partial charge >= 0.3 is 0 Å². The molecule has 1 aromatic heterocycles. The first-order valence-corrected chi connectivity index (χ1v) is 7.00. The molecule has 0 fully saturated rings. The van der Waals surface area contributed by atoms with Crippen molar-refractivity contribution in [3.8, 4) is 0 Å². The molecule has 0 spiro atoms. The number of imidazole rings is 1. The van der Waals surface area contributed by atoms with Crippen molar-refractivity contribution < 1.29 is 8.78 Å². The SMILES string of the molecule is CCC(CC)(CC)n1c(=S)[nH]c2c(F)cc(F)cc21. The van der Waals surface area contributed by atoms with E-state index in [4.69, 9.17) is 12.2 Å². The standard InChI is InChI=1S/C14H18F2N2S/c1-4-14(5-2,6-3)18-11-8-9(15)7-10(16)12(11)17-13(18)19/h7-8H,4-6H2,1-3H3,(H,17,19). The Morgan fingerprint density at radius 3 is 2.26 bits per heavy atom. The van der Waals surface area contributed by atoms with Crippen molar-refractivity contribution in [3.05, 3.63) is 28.5 Å². The molecule has 0 aliphatic heterocycles. The summed E-state index contributed by atoms with van der Waals surface area (Å²) >= 11 is 5.32. The zero-order valence-corrected chi connectivity index (χ0v) is 12.2. The van der Waals surface area contributed by atoms with Gasteiger partial charge in [0.05, 0.1) is 5.52 Å². The molecule has 1 heterocycles. The first-order valence-electron chi connectivity index (χ1n) is 6.59. The van der Waals surface area contributed by atoms with Gasteiger partial charge in [-0.1, -0.05) is 20.8 Å². The lowest BCUT2D eigenvalue weighted by Gasteiger charge is -2.33. The van der Waals surface area contributed by atoms with Crippen LogP contribution in [-0.4, -0.2) is 9.55 Å². The van der Waals surface area contributed by atoms with Gasteiger partial charge in [0.2, 0.25) is 0 Å². The first kappa shape index (κ1) is 14.2. The van der Waals surface area contributed by atoms with Crippen molar-refractivity contribution in [2.45, 2.75) is 45.6 Å². The predicted octanol–water partition coefficient (Wildman–Crippen LogP) is 4.90. The Balaban J connectivity index is 2.87. The smallest absolute Gasteiger partial charge is 0.178 e. The first-order chi connectivity index (χ1) is 8.99. The van der Waals surface area contributed by atoms with Crippen molar-refractivity contribution in [3.63, 3.8) is 0 Å². The van der Waals surface area contributed by atoms with E-state index in [0.717, 1.165) is 25.3 Å². The average Bonchev–Trinajstić information content (AvgIpc) is 2.71. The van der Waals surface area contributed by atoms with Crippen molar-refractivity contribution in [2.75, 3.05) is 0 Å². The second-order valence-electron chi connectivity index (χ2n) is 4.83. The van der Waals surface area contributed by atoms with Crippen LogP contribution in [0.2, 0.25) is 0 Å². The van der Waals surface area contributed by atoms with E-state index in [1.807, 2.05) is 4.57 Å². The van der Waals surface area contributed by atoms with Gasteiger partial charge in [-0.3, -0.25) is 0 Å². The Morgan fingerprint density at radius 2 is 1.74 bits per heavy atom. The van der Waals surface area contributed by atoms with E-state index in [-0.39, 0.29) is 11.1 Å². The summed E-state index contributed by atoms with van der Waals surface area (Å²) in [5, 5.41) is 0. The molecule has 0 atom stereocenters. The van der Waals surface area contributed by atoms with Gasteiger partial charge in [-0.05, 0) is 37.5 Å². The van der Waals surface area contributed by atoms with Crippen LogP contribution >= 0.6 is 12.2 Å². The normalized spacial score (nSPS) is 12.3. The molecule has 0 saturated heterocycles. The summed E-state index contributed by atoms with van der Waals surface area (Å²) in [5.74, 6) is -1.18. The van der Waals surface area contributed by atoms with Gasteiger partial charge in [0.25, 0.3) is 0 Å². The fraction of sp³-hybridized carbons (Fsp3) is 0.500. The lowest BCUT2D eigenvalue weighted by molar-refractivity contribution is 0.255. The zero-order valence-electron chi connectivity index (χ0n) is 11.4. The highest BCUT2D eigenvalue weighted by Crippen LogP contribution is 2.34. The highest BCUT2D eigenvalue weighted by molar-refractivity contribution is 7.71. The van der Waals surface area contributed by atoms with E-state index >= 15 is 0 Å². The van der Waals surface area contributed by atoms with Crippen LogP contribution in [0.25, 0.3) is 11.0 Å². The van der Waals surface area contributed by atoms with Crippen molar-refractivity contribution in [1.82, 2.24) is 9.55 Å². The zero-order chi connectivity index (χ0) is 14.2. The molecule has 1 aromatic carbocycles. The summed E-state index contributed by atoms with van der Waals surface area (Å²) in [7, 11) is 0. The Bertz CT molecular complexity index is 645. The quantitative estimate of drug-likeness (QED) is 0.792. The number of benzene rings is 1. The lowest BCUT2D eigenvalue weighted by atomic mass is 9.89. The molecule has 0 bridgehead atoms. The van der Waals surface area contributed by atoms with E-state index < -0.39 is 11.6 Å². The minimum Gasteiger partial charge on any atom is -0.328 e. The van der Waals surface area contributed by atoms with Gasteiger partial charge in [0.15, 0.2) is 10.6 Å². The molecule has 1 N–H and O–H groups in total. The van der Waals surface area contributed by atoms with Crippen LogP contribution in [0, 0.1) is 16.4 Å². The predicted molar refractivity (Wildman–Crippen MR) is 75.9 cm³/mol. The molecule has 104 valence electrons. The van der Waals surface area contributed by atoms with Crippen molar-refractivity contribution in [1.29, 1.82) is 0 Å².